The second-order valence-corrected chi connectivity index (χ2v) is 9.64. The smallest absolute Gasteiger partial charge is 0.410 e. The van der Waals surface area contributed by atoms with E-state index in [4.69, 9.17) is 9.47 Å². The molecule has 1 N–H and O–H groups in total. The van der Waals surface area contributed by atoms with Gasteiger partial charge in [-0.2, -0.15) is 0 Å². The molecule has 1 aromatic rings. The van der Waals surface area contributed by atoms with Crippen molar-refractivity contribution in [2.45, 2.75) is 77.9 Å². The Morgan fingerprint density at radius 2 is 1.59 bits per heavy atom. The molecule has 1 amide bonds. The number of nitrogens with zero attached hydrogens (tertiary/aromatic N) is 2. The summed E-state index contributed by atoms with van der Waals surface area (Å²) in [6.45, 7) is 13.3. The first-order chi connectivity index (χ1) is 15.3. The van der Waals surface area contributed by atoms with Crippen LogP contribution in [0.2, 0.25) is 0 Å². The first-order valence-corrected chi connectivity index (χ1v) is 12.3. The van der Waals surface area contributed by atoms with Gasteiger partial charge in [0.25, 0.3) is 0 Å². The number of carbonyl (C=O) groups is 1. The highest BCUT2D eigenvalue weighted by Gasteiger charge is 2.34. The fourth-order valence-electron chi connectivity index (χ4n) is 4.80. The molecule has 6 nitrogen and oxygen atoms in total. The lowest BCUT2D eigenvalue weighted by Crippen LogP contribution is -2.51. The molecule has 3 rings (SSSR count). The van der Waals surface area contributed by atoms with Gasteiger partial charge in [-0.3, -0.25) is 4.90 Å². The zero-order chi connectivity index (χ0) is 23.7. The van der Waals surface area contributed by atoms with E-state index in [1.807, 2.05) is 51.7 Å². The van der Waals surface area contributed by atoms with Gasteiger partial charge >= 0.3 is 6.09 Å². The predicted molar refractivity (Wildman–Crippen MR) is 129 cm³/mol. The Bertz CT molecular complexity index is 670. The largest absolute Gasteiger partial charge is 0.497 e. The molecule has 0 bridgehead atoms. The van der Waals surface area contributed by atoms with Gasteiger partial charge in [-0.15, -0.1) is 0 Å². The molecular weight excluding hydrogens is 404 g/mol. The zero-order valence-electron chi connectivity index (χ0n) is 21.0. The van der Waals surface area contributed by atoms with E-state index in [9.17, 15) is 9.90 Å². The summed E-state index contributed by atoms with van der Waals surface area (Å²) in [4.78, 5) is 16.6. The first kappa shape index (κ1) is 26.5. The Labute approximate surface area is 194 Å². The lowest BCUT2D eigenvalue weighted by Gasteiger charge is -2.43. The molecule has 0 spiro atoms. The van der Waals surface area contributed by atoms with Crippen LogP contribution in [-0.2, 0) is 4.74 Å². The molecule has 182 valence electrons. The van der Waals surface area contributed by atoms with Gasteiger partial charge in [0.1, 0.15) is 11.4 Å². The molecule has 6 heteroatoms. The second kappa shape index (κ2) is 12.4. The van der Waals surface area contributed by atoms with Crippen molar-refractivity contribution in [1.82, 2.24) is 9.80 Å². The van der Waals surface area contributed by atoms with Crippen LogP contribution in [-0.4, -0.2) is 72.5 Å². The van der Waals surface area contributed by atoms with Gasteiger partial charge in [-0.05, 0) is 89.1 Å². The van der Waals surface area contributed by atoms with Crippen molar-refractivity contribution < 1.29 is 19.4 Å². The molecule has 32 heavy (non-hydrogen) atoms. The van der Waals surface area contributed by atoms with Crippen LogP contribution < -0.4 is 4.74 Å². The van der Waals surface area contributed by atoms with Crippen LogP contribution in [0.15, 0.2) is 24.3 Å². The third-order valence-electron chi connectivity index (χ3n) is 6.51. The third kappa shape index (κ3) is 7.38. The number of carbonyl (C=O) groups excluding carboxylic acids is 1. The summed E-state index contributed by atoms with van der Waals surface area (Å²) in [5.41, 5.74) is 0.914. The van der Waals surface area contributed by atoms with Gasteiger partial charge in [-0.1, -0.05) is 26.0 Å². The van der Waals surface area contributed by atoms with E-state index in [1.54, 1.807) is 7.11 Å². The quantitative estimate of drug-likeness (QED) is 0.694. The van der Waals surface area contributed by atoms with Gasteiger partial charge in [0.05, 0.1) is 13.7 Å². The summed E-state index contributed by atoms with van der Waals surface area (Å²) in [7, 11) is 1.69. The molecule has 0 saturated carbocycles. The van der Waals surface area contributed by atoms with Crippen molar-refractivity contribution in [3.8, 4) is 5.75 Å². The molecule has 1 aromatic carbocycles. The SMILES string of the molecule is CC.COc1ccc(C2CCN(C(CO)C3CCN(C(=O)OC(C)(C)C)CC3)CC2)cc1. The average Bonchev–Trinajstić information content (AvgIpc) is 2.81. The highest BCUT2D eigenvalue weighted by Crippen LogP contribution is 2.33. The highest BCUT2D eigenvalue weighted by atomic mass is 16.6. The molecule has 2 aliphatic heterocycles. The number of hydrogen-bond acceptors (Lipinski definition) is 5. The van der Waals surface area contributed by atoms with Crippen LogP contribution in [0.3, 0.4) is 0 Å². The number of benzene rings is 1. The number of ether oxygens (including phenoxy) is 2. The minimum absolute atomic E-state index is 0.183. The predicted octanol–water partition coefficient (Wildman–Crippen LogP) is 4.91. The molecule has 2 saturated heterocycles. The van der Waals surface area contributed by atoms with Crippen molar-refractivity contribution >= 4 is 6.09 Å². The maximum atomic E-state index is 12.3. The van der Waals surface area contributed by atoms with E-state index < -0.39 is 5.60 Å². The van der Waals surface area contributed by atoms with E-state index in [-0.39, 0.29) is 18.7 Å². The fourth-order valence-corrected chi connectivity index (χ4v) is 4.80. The van der Waals surface area contributed by atoms with Gasteiger partial charge in [0.15, 0.2) is 0 Å². The summed E-state index contributed by atoms with van der Waals surface area (Å²) in [6.07, 6.45) is 3.84. The van der Waals surface area contributed by atoms with Crippen LogP contribution in [0.4, 0.5) is 4.79 Å². The molecule has 0 aliphatic carbocycles. The number of aliphatic hydroxyl groups excluding tert-OH is 1. The third-order valence-corrected chi connectivity index (χ3v) is 6.51. The van der Waals surface area contributed by atoms with Crippen LogP contribution >= 0.6 is 0 Å². The Morgan fingerprint density at radius 1 is 1.03 bits per heavy atom. The number of likely N-dealkylation sites (tertiary alicyclic amines) is 2. The maximum absolute atomic E-state index is 12.3. The van der Waals surface area contributed by atoms with Crippen LogP contribution in [0.5, 0.6) is 5.75 Å². The van der Waals surface area contributed by atoms with E-state index in [1.165, 1.54) is 5.56 Å². The molecule has 0 radical (unpaired) electrons. The molecule has 2 aliphatic rings. The van der Waals surface area contributed by atoms with Gasteiger partial charge in [0, 0.05) is 19.1 Å². The van der Waals surface area contributed by atoms with E-state index in [2.05, 4.69) is 17.0 Å². The Hall–Kier alpha value is -1.79. The van der Waals surface area contributed by atoms with E-state index in [0.717, 1.165) is 44.5 Å². The minimum atomic E-state index is -0.463. The minimum Gasteiger partial charge on any atom is -0.497 e. The molecule has 2 fully saturated rings. The Morgan fingerprint density at radius 3 is 2.06 bits per heavy atom. The van der Waals surface area contributed by atoms with Crippen molar-refractivity contribution in [1.29, 1.82) is 0 Å². The number of rotatable bonds is 5. The van der Waals surface area contributed by atoms with Crippen molar-refractivity contribution in [3.05, 3.63) is 29.8 Å². The number of amides is 1. The molecule has 1 atom stereocenters. The number of aliphatic hydroxyl groups is 1. The Balaban J connectivity index is 0.00000176. The second-order valence-electron chi connectivity index (χ2n) is 9.64. The summed E-state index contributed by atoms with van der Waals surface area (Å²) in [6, 6.07) is 8.61. The van der Waals surface area contributed by atoms with Crippen molar-refractivity contribution in [2.24, 2.45) is 5.92 Å². The fraction of sp³-hybridized carbons (Fsp3) is 0.731. The summed E-state index contributed by atoms with van der Waals surface area (Å²) in [5, 5.41) is 10.1. The topological polar surface area (TPSA) is 62.2 Å². The van der Waals surface area contributed by atoms with Crippen LogP contribution in [0.1, 0.15) is 71.8 Å². The number of piperidine rings is 2. The monoisotopic (exact) mass is 448 g/mol. The van der Waals surface area contributed by atoms with Crippen molar-refractivity contribution in [3.63, 3.8) is 0 Å². The van der Waals surface area contributed by atoms with Crippen LogP contribution in [0, 0.1) is 5.92 Å². The first-order valence-electron chi connectivity index (χ1n) is 12.3. The molecule has 0 aromatic heterocycles. The standard InChI is InChI=1S/C24H38N2O4.C2H6/c1-24(2,3)30-23(28)26-15-11-20(12-16-26)22(17-27)25-13-9-19(10-14-25)18-5-7-21(29-4)8-6-18;1-2/h5-8,19-20,22,27H,9-17H2,1-4H3;1-2H3. The lowest BCUT2D eigenvalue weighted by atomic mass is 9.85. The summed E-state index contributed by atoms with van der Waals surface area (Å²) in [5.74, 6) is 1.89. The Kier molecular flexibility index (Phi) is 10.3. The van der Waals surface area contributed by atoms with Crippen molar-refractivity contribution in [2.75, 3.05) is 39.9 Å². The van der Waals surface area contributed by atoms with E-state index >= 15 is 0 Å². The van der Waals surface area contributed by atoms with E-state index in [0.29, 0.717) is 24.9 Å². The zero-order valence-corrected chi connectivity index (χ0v) is 21.0. The molecular formula is C26H44N2O4. The highest BCUT2D eigenvalue weighted by molar-refractivity contribution is 5.68. The number of hydrogen-bond donors (Lipinski definition) is 1. The maximum Gasteiger partial charge on any atom is 0.410 e. The van der Waals surface area contributed by atoms with Crippen LogP contribution in [0.25, 0.3) is 0 Å². The average molecular weight is 449 g/mol. The lowest BCUT2D eigenvalue weighted by molar-refractivity contribution is 0.00466. The van der Waals surface area contributed by atoms with Gasteiger partial charge in [0.2, 0.25) is 0 Å². The van der Waals surface area contributed by atoms with Gasteiger partial charge < -0.3 is 19.5 Å². The normalized spacial score (nSPS) is 19.7. The van der Waals surface area contributed by atoms with Gasteiger partial charge in [-0.25, -0.2) is 4.79 Å². The summed E-state index contributed by atoms with van der Waals surface area (Å²) < 4.78 is 10.8. The molecule has 2 heterocycles. The summed E-state index contributed by atoms with van der Waals surface area (Å²) >= 11 is 0. The number of methoxy groups -OCH3 is 1. The molecule has 1 unspecified atom stereocenters.